The van der Waals surface area contributed by atoms with Crippen molar-refractivity contribution in [2.45, 2.75) is 38.8 Å². The molecular formula is C12H18N2O. The Morgan fingerprint density at radius 2 is 2.27 bits per heavy atom. The van der Waals surface area contributed by atoms with Crippen LogP contribution in [0.25, 0.3) is 0 Å². The van der Waals surface area contributed by atoms with Gasteiger partial charge in [0.25, 0.3) is 0 Å². The van der Waals surface area contributed by atoms with E-state index in [9.17, 15) is 0 Å². The number of pyridine rings is 1. The van der Waals surface area contributed by atoms with Crippen molar-refractivity contribution in [1.29, 1.82) is 0 Å². The van der Waals surface area contributed by atoms with E-state index in [1.165, 1.54) is 19.3 Å². The largest absolute Gasteiger partial charge is 0.495 e. The molecular weight excluding hydrogens is 188 g/mol. The molecule has 1 aliphatic rings. The number of hydrogen-bond donors (Lipinski definition) is 1. The average molecular weight is 206 g/mol. The highest BCUT2D eigenvalue weighted by Gasteiger charge is 2.16. The van der Waals surface area contributed by atoms with Gasteiger partial charge in [-0.1, -0.05) is 6.42 Å². The first-order valence-electron chi connectivity index (χ1n) is 5.53. The van der Waals surface area contributed by atoms with Crippen molar-refractivity contribution in [3.8, 4) is 5.75 Å². The predicted molar refractivity (Wildman–Crippen MR) is 60.0 cm³/mol. The zero-order chi connectivity index (χ0) is 10.7. The molecule has 0 saturated heterocycles. The van der Waals surface area contributed by atoms with Crippen molar-refractivity contribution in [2.75, 3.05) is 7.11 Å². The monoisotopic (exact) mass is 206 g/mol. The molecule has 0 unspecified atom stereocenters. The number of aromatic nitrogens is 1. The molecule has 1 saturated carbocycles. The van der Waals surface area contributed by atoms with E-state index < -0.39 is 0 Å². The lowest BCUT2D eigenvalue weighted by Crippen LogP contribution is -2.34. The van der Waals surface area contributed by atoms with Crippen LogP contribution in [-0.2, 0) is 6.54 Å². The van der Waals surface area contributed by atoms with Crippen LogP contribution in [0.1, 0.15) is 30.7 Å². The number of hydrogen-bond acceptors (Lipinski definition) is 3. The van der Waals surface area contributed by atoms with Crippen LogP contribution in [0.3, 0.4) is 0 Å². The minimum absolute atomic E-state index is 0.717. The van der Waals surface area contributed by atoms with E-state index in [4.69, 9.17) is 4.74 Å². The third-order valence-corrected chi connectivity index (χ3v) is 2.99. The molecule has 0 atom stereocenters. The van der Waals surface area contributed by atoms with Gasteiger partial charge in [-0.15, -0.1) is 0 Å². The zero-order valence-electron chi connectivity index (χ0n) is 9.42. The van der Waals surface area contributed by atoms with Gasteiger partial charge < -0.3 is 10.1 Å². The molecule has 15 heavy (non-hydrogen) atoms. The topological polar surface area (TPSA) is 34.1 Å². The Morgan fingerprint density at radius 3 is 2.80 bits per heavy atom. The van der Waals surface area contributed by atoms with Gasteiger partial charge in [0.2, 0.25) is 0 Å². The lowest BCUT2D eigenvalue weighted by atomic mass is 9.93. The van der Waals surface area contributed by atoms with Gasteiger partial charge in [0, 0.05) is 12.6 Å². The third kappa shape index (κ3) is 2.48. The number of methoxy groups -OCH3 is 1. The molecule has 0 aromatic carbocycles. The summed E-state index contributed by atoms with van der Waals surface area (Å²) in [4.78, 5) is 4.49. The van der Waals surface area contributed by atoms with Gasteiger partial charge in [-0.3, -0.25) is 4.98 Å². The highest BCUT2D eigenvalue weighted by molar-refractivity contribution is 5.28. The number of aryl methyl sites for hydroxylation is 1. The van der Waals surface area contributed by atoms with Gasteiger partial charge in [0.1, 0.15) is 5.75 Å². The van der Waals surface area contributed by atoms with Gasteiger partial charge >= 0.3 is 0 Å². The van der Waals surface area contributed by atoms with Crippen LogP contribution in [0.15, 0.2) is 12.1 Å². The fourth-order valence-electron chi connectivity index (χ4n) is 1.78. The summed E-state index contributed by atoms with van der Waals surface area (Å²) >= 11 is 0. The first kappa shape index (κ1) is 10.4. The summed E-state index contributed by atoms with van der Waals surface area (Å²) < 4.78 is 5.17. The van der Waals surface area contributed by atoms with E-state index in [0.29, 0.717) is 6.04 Å². The van der Waals surface area contributed by atoms with Gasteiger partial charge in [-0.2, -0.15) is 0 Å². The van der Waals surface area contributed by atoms with Crippen LogP contribution in [0, 0.1) is 6.92 Å². The van der Waals surface area contributed by atoms with E-state index in [1.807, 2.05) is 19.1 Å². The lowest BCUT2D eigenvalue weighted by Gasteiger charge is -2.26. The molecule has 1 aromatic heterocycles. The van der Waals surface area contributed by atoms with Crippen molar-refractivity contribution in [2.24, 2.45) is 0 Å². The maximum atomic E-state index is 5.17. The predicted octanol–water partition coefficient (Wildman–Crippen LogP) is 2.04. The fourth-order valence-corrected chi connectivity index (χ4v) is 1.78. The summed E-state index contributed by atoms with van der Waals surface area (Å²) in [6.07, 6.45) is 4.00. The molecule has 3 heteroatoms. The van der Waals surface area contributed by atoms with Gasteiger partial charge in [0.05, 0.1) is 18.5 Å². The molecule has 0 amide bonds. The molecule has 1 fully saturated rings. The molecule has 0 spiro atoms. The molecule has 2 rings (SSSR count). The molecule has 1 aliphatic carbocycles. The summed E-state index contributed by atoms with van der Waals surface area (Å²) in [5.41, 5.74) is 2.06. The standard InChI is InChI=1S/C12H18N2O/c1-9-12(15-2)7-6-11(14-9)8-13-10-4-3-5-10/h6-7,10,13H,3-5,8H2,1-2H3. The fraction of sp³-hybridized carbons (Fsp3) is 0.583. The van der Waals surface area contributed by atoms with Crippen molar-refractivity contribution in [1.82, 2.24) is 10.3 Å². The van der Waals surface area contributed by atoms with E-state index in [1.54, 1.807) is 7.11 Å². The Labute approximate surface area is 90.9 Å². The molecule has 0 radical (unpaired) electrons. The quantitative estimate of drug-likeness (QED) is 0.818. The van der Waals surface area contributed by atoms with Crippen molar-refractivity contribution >= 4 is 0 Å². The van der Waals surface area contributed by atoms with Crippen LogP contribution in [0.4, 0.5) is 0 Å². The van der Waals surface area contributed by atoms with E-state index >= 15 is 0 Å². The van der Waals surface area contributed by atoms with Crippen molar-refractivity contribution < 1.29 is 4.74 Å². The van der Waals surface area contributed by atoms with E-state index in [0.717, 1.165) is 23.7 Å². The first-order chi connectivity index (χ1) is 7.29. The second-order valence-corrected chi connectivity index (χ2v) is 4.10. The Hall–Kier alpha value is -1.09. The number of rotatable bonds is 4. The smallest absolute Gasteiger partial charge is 0.140 e. The molecule has 1 N–H and O–H groups in total. The molecule has 82 valence electrons. The number of ether oxygens (including phenoxy) is 1. The summed E-state index contributed by atoms with van der Waals surface area (Å²) in [7, 11) is 1.68. The van der Waals surface area contributed by atoms with Crippen LogP contribution in [0.2, 0.25) is 0 Å². The van der Waals surface area contributed by atoms with Crippen LogP contribution in [-0.4, -0.2) is 18.1 Å². The summed E-state index contributed by atoms with van der Waals surface area (Å²) in [6.45, 7) is 2.85. The Bertz CT molecular complexity index is 334. The molecule has 0 bridgehead atoms. The summed E-state index contributed by atoms with van der Waals surface area (Å²) in [5, 5.41) is 3.50. The van der Waals surface area contributed by atoms with E-state index in [-0.39, 0.29) is 0 Å². The minimum atomic E-state index is 0.717. The van der Waals surface area contributed by atoms with Gasteiger partial charge in [0.15, 0.2) is 0 Å². The third-order valence-electron chi connectivity index (χ3n) is 2.99. The Kier molecular flexibility index (Phi) is 3.21. The zero-order valence-corrected chi connectivity index (χ0v) is 9.42. The highest BCUT2D eigenvalue weighted by atomic mass is 16.5. The molecule has 0 aliphatic heterocycles. The minimum Gasteiger partial charge on any atom is -0.495 e. The second-order valence-electron chi connectivity index (χ2n) is 4.10. The van der Waals surface area contributed by atoms with Crippen molar-refractivity contribution in [3.63, 3.8) is 0 Å². The highest BCUT2D eigenvalue weighted by Crippen LogP contribution is 2.19. The molecule has 3 nitrogen and oxygen atoms in total. The van der Waals surface area contributed by atoms with Crippen LogP contribution < -0.4 is 10.1 Å². The first-order valence-corrected chi connectivity index (χ1v) is 5.53. The average Bonchev–Trinajstić information content (AvgIpc) is 2.16. The second kappa shape index (κ2) is 4.62. The van der Waals surface area contributed by atoms with Crippen molar-refractivity contribution in [3.05, 3.63) is 23.5 Å². The van der Waals surface area contributed by atoms with Gasteiger partial charge in [-0.05, 0) is 31.9 Å². The van der Waals surface area contributed by atoms with Gasteiger partial charge in [-0.25, -0.2) is 0 Å². The van der Waals surface area contributed by atoms with Crippen LogP contribution in [0.5, 0.6) is 5.75 Å². The number of nitrogens with zero attached hydrogens (tertiary/aromatic N) is 1. The number of nitrogens with one attached hydrogen (secondary N) is 1. The Morgan fingerprint density at radius 1 is 1.47 bits per heavy atom. The van der Waals surface area contributed by atoms with Crippen LogP contribution >= 0.6 is 0 Å². The Balaban J connectivity index is 1.93. The lowest BCUT2D eigenvalue weighted by molar-refractivity contribution is 0.336. The summed E-state index contributed by atoms with van der Waals surface area (Å²) in [6, 6.07) is 4.73. The van der Waals surface area contributed by atoms with E-state index in [2.05, 4.69) is 10.3 Å². The molecule has 1 aromatic rings. The maximum absolute atomic E-state index is 5.17. The molecule has 1 heterocycles. The normalized spacial score (nSPS) is 16.1. The SMILES string of the molecule is COc1ccc(CNC2CCC2)nc1C. The summed E-state index contributed by atoms with van der Waals surface area (Å²) in [5.74, 6) is 0.863. The maximum Gasteiger partial charge on any atom is 0.140 e.